The summed E-state index contributed by atoms with van der Waals surface area (Å²) in [4.78, 5) is 41.8. The lowest BCUT2D eigenvalue weighted by molar-refractivity contribution is -0.200. The van der Waals surface area contributed by atoms with Crippen LogP contribution in [0.1, 0.15) is 46.4 Å². The van der Waals surface area contributed by atoms with Gasteiger partial charge in [0.2, 0.25) is 0 Å². The number of aromatic nitrogens is 2. The first-order valence-electron chi connectivity index (χ1n) is 11.9. The molecule has 10 nitrogen and oxygen atoms in total. The van der Waals surface area contributed by atoms with E-state index in [9.17, 15) is 14.4 Å². The topological polar surface area (TPSA) is 118 Å². The SMILES string of the molecule is Cc1ccc(C(=O)OC[C@H]2O[C@H](n3ccc(NC(=O)c4ccccc4)nc3=O)[C@@H]3OC(C)(C)O[C@@H]32)cc1. The van der Waals surface area contributed by atoms with E-state index in [1.807, 2.05) is 19.1 Å². The molecule has 4 atom stereocenters. The lowest BCUT2D eigenvalue weighted by atomic mass is 10.1. The molecule has 2 aliphatic rings. The molecule has 10 heteroatoms. The predicted molar refractivity (Wildman–Crippen MR) is 132 cm³/mol. The number of carbonyl (C=O) groups is 2. The van der Waals surface area contributed by atoms with Gasteiger partial charge in [0.1, 0.15) is 30.7 Å². The van der Waals surface area contributed by atoms with Crippen molar-refractivity contribution in [3.8, 4) is 0 Å². The van der Waals surface area contributed by atoms with Gasteiger partial charge in [-0.2, -0.15) is 4.98 Å². The molecule has 5 rings (SSSR count). The monoisotopic (exact) mass is 505 g/mol. The summed E-state index contributed by atoms with van der Waals surface area (Å²) in [5.41, 5.74) is 1.26. The molecule has 2 aromatic carbocycles. The van der Waals surface area contributed by atoms with Crippen LogP contribution in [0.4, 0.5) is 5.82 Å². The van der Waals surface area contributed by atoms with Gasteiger partial charge >= 0.3 is 11.7 Å². The van der Waals surface area contributed by atoms with Crippen LogP contribution in [0, 0.1) is 6.92 Å². The average molecular weight is 506 g/mol. The van der Waals surface area contributed by atoms with Crippen molar-refractivity contribution in [1.82, 2.24) is 9.55 Å². The lowest BCUT2D eigenvalue weighted by Gasteiger charge is -2.24. The van der Waals surface area contributed by atoms with Gasteiger partial charge in [-0.3, -0.25) is 9.36 Å². The minimum atomic E-state index is -0.919. The van der Waals surface area contributed by atoms with E-state index in [0.717, 1.165) is 5.56 Å². The van der Waals surface area contributed by atoms with Crippen LogP contribution in [0.25, 0.3) is 0 Å². The Morgan fingerprint density at radius 3 is 2.41 bits per heavy atom. The summed E-state index contributed by atoms with van der Waals surface area (Å²) in [7, 11) is 0. The Morgan fingerprint density at radius 1 is 1.00 bits per heavy atom. The third-order valence-corrected chi connectivity index (χ3v) is 6.17. The van der Waals surface area contributed by atoms with Crippen LogP contribution in [0.15, 0.2) is 71.7 Å². The van der Waals surface area contributed by atoms with Crippen LogP contribution in [0.5, 0.6) is 0 Å². The van der Waals surface area contributed by atoms with E-state index in [2.05, 4.69) is 10.3 Å². The highest BCUT2D eigenvalue weighted by molar-refractivity contribution is 6.03. The molecule has 3 aromatic rings. The van der Waals surface area contributed by atoms with Gasteiger partial charge in [-0.05, 0) is 51.1 Å². The van der Waals surface area contributed by atoms with Crippen LogP contribution in [0.3, 0.4) is 0 Å². The number of benzene rings is 2. The van der Waals surface area contributed by atoms with Crippen LogP contribution in [-0.4, -0.2) is 52.1 Å². The number of fused-ring (bicyclic) bond motifs is 1. The number of nitrogens with zero attached hydrogens (tertiary/aromatic N) is 2. The van der Waals surface area contributed by atoms with Crippen molar-refractivity contribution < 1.29 is 28.5 Å². The molecule has 1 amide bonds. The van der Waals surface area contributed by atoms with Gasteiger partial charge in [-0.25, -0.2) is 9.59 Å². The van der Waals surface area contributed by atoms with Crippen molar-refractivity contribution >= 4 is 17.7 Å². The smallest absolute Gasteiger partial charge is 0.351 e. The fourth-order valence-corrected chi connectivity index (χ4v) is 4.40. The number of aryl methyl sites for hydroxylation is 1. The van der Waals surface area contributed by atoms with Gasteiger partial charge < -0.3 is 24.3 Å². The molecule has 2 aliphatic heterocycles. The van der Waals surface area contributed by atoms with E-state index in [1.165, 1.54) is 16.8 Å². The van der Waals surface area contributed by atoms with Crippen LogP contribution < -0.4 is 11.0 Å². The normalized spacial score (nSPS) is 23.9. The van der Waals surface area contributed by atoms with Crippen molar-refractivity contribution in [3.05, 3.63) is 94.0 Å². The third-order valence-electron chi connectivity index (χ3n) is 6.17. The van der Waals surface area contributed by atoms with Crippen molar-refractivity contribution in [1.29, 1.82) is 0 Å². The average Bonchev–Trinajstić information content (AvgIpc) is 3.36. The van der Waals surface area contributed by atoms with E-state index in [0.29, 0.717) is 11.1 Å². The van der Waals surface area contributed by atoms with Crippen molar-refractivity contribution in [2.75, 3.05) is 11.9 Å². The number of esters is 1. The quantitative estimate of drug-likeness (QED) is 0.508. The third kappa shape index (κ3) is 5.31. The molecule has 0 unspecified atom stereocenters. The molecule has 0 aliphatic carbocycles. The summed E-state index contributed by atoms with van der Waals surface area (Å²) in [6.45, 7) is 5.38. The Balaban J connectivity index is 1.31. The highest BCUT2D eigenvalue weighted by atomic mass is 16.8. The minimum Gasteiger partial charge on any atom is -0.459 e. The second kappa shape index (κ2) is 9.89. The number of hydrogen-bond donors (Lipinski definition) is 1. The lowest BCUT2D eigenvalue weighted by Crippen LogP contribution is -2.35. The summed E-state index contributed by atoms with van der Waals surface area (Å²) < 4.78 is 24.9. The maximum atomic E-state index is 12.9. The first-order chi connectivity index (χ1) is 17.7. The summed E-state index contributed by atoms with van der Waals surface area (Å²) in [5.74, 6) is -1.68. The number of nitrogens with one attached hydrogen (secondary N) is 1. The molecular formula is C27H27N3O7. The molecular weight excluding hydrogens is 478 g/mol. The van der Waals surface area contributed by atoms with E-state index >= 15 is 0 Å². The second-order valence-electron chi connectivity index (χ2n) is 9.42. The molecule has 1 aromatic heterocycles. The molecule has 2 saturated heterocycles. The van der Waals surface area contributed by atoms with Crippen molar-refractivity contribution in [3.63, 3.8) is 0 Å². The standard InChI is InChI=1S/C27H27N3O7/c1-16-9-11-18(12-10-16)25(32)34-15-19-21-22(37-27(2,3)36-21)24(35-19)30-14-13-20(29-26(30)33)28-23(31)17-7-5-4-6-8-17/h4-14,19,21-22,24H,15H2,1-3H3,(H,28,29,31,33)/t19-,21-,22-,24+/m1/s1. The fraction of sp³-hybridized carbons (Fsp3) is 0.333. The first kappa shape index (κ1) is 24.8. The summed E-state index contributed by atoms with van der Waals surface area (Å²) in [6.07, 6.45) is -1.27. The molecule has 0 radical (unpaired) electrons. The highest BCUT2D eigenvalue weighted by Gasteiger charge is 2.56. The molecule has 37 heavy (non-hydrogen) atoms. The summed E-state index contributed by atoms with van der Waals surface area (Å²) in [6, 6.07) is 17.2. The number of ether oxygens (including phenoxy) is 4. The Labute approximate surface area is 213 Å². The number of hydrogen-bond acceptors (Lipinski definition) is 8. The van der Waals surface area contributed by atoms with Gasteiger partial charge in [-0.1, -0.05) is 35.9 Å². The van der Waals surface area contributed by atoms with Gasteiger partial charge in [0, 0.05) is 11.8 Å². The maximum Gasteiger partial charge on any atom is 0.351 e. The zero-order chi connectivity index (χ0) is 26.2. The van der Waals surface area contributed by atoms with Gasteiger partial charge in [0.25, 0.3) is 5.91 Å². The zero-order valence-corrected chi connectivity index (χ0v) is 20.6. The first-order valence-corrected chi connectivity index (χ1v) is 11.9. The van der Waals surface area contributed by atoms with E-state index in [1.54, 1.807) is 56.3 Å². The molecule has 0 spiro atoms. The van der Waals surface area contributed by atoms with Crippen LogP contribution in [0.2, 0.25) is 0 Å². The summed E-state index contributed by atoms with van der Waals surface area (Å²) >= 11 is 0. The molecule has 0 saturated carbocycles. The maximum absolute atomic E-state index is 12.9. The molecule has 192 valence electrons. The number of amides is 1. The van der Waals surface area contributed by atoms with E-state index in [4.69, 9.17) is 18.9 Å². The van der Waals surface area contributed by atoms with Gasteiger partial charge in [0.05, 0.1) is 5.56 Å². The van der Waals surface area contributed by atoms with E-state index in [-0.39, 0.29) is 18.3 Å². The van der Waals surface area contributed by atoms with Gasteiger partial charge in [-0.15, -0.1) is 0 Å². The van der Waals surface area contributed by atoms with Crippen LogP contribution >= 0.6 is 0 Å². The predicted octanol–water partition coefficient (Wildman–Crippen LogP) is 3.08. The second-order valence-corrected chi connectivity index (χ2v) is 9.42. The Morgan fingerprint density at radius 2 is 1.70 bits per heavy atom. The van der Waals surface area contributed by atoms with Crippen LogP contribution in [-0.2, 0) is 18.9 Å². The number of anilines is 1. The van der Waals surface area contributed by atoms with Crippen molar-refractivity contribution in [2.45, 2.75) is 51.1 Å². The molecule has 1 N–H and O–H groups in total. The Bertz CT molecular complexity index is 1350. The summed E-state index contributed by atoms with van der Waals surface area (Å²) in [5, 5.41) is 2.62. The minimum absolute atomic E-state index is 0.0861. The largest absolute Gasteiger partial charge is 0.459 e. The van der Waals surface area contributed by atoms with Crippen molar-refractivity contribution in [2.24, 2.45) is 0 Å². The number of carbonyl (C=O) groups excluding carboxylic acids is 2. The highest BCUT2D eigenvalue weighted by Crippen LogP contribution is 2.42. The molecule has 3 heterocycles. The fourth-order valence-electron chi connectivity index (χ4n) is 4.40. The molecule has 0 bridgehead atoms. The van der Waals surface area contributed by atoms with Gasteiger partial charge in [0.15, 0.2) is 12.0 Å². The molecule has 2 fully saturated rings. The number of rotatable bonds is 6. The Hall–Kier alpha value is -3.86. The van der Waals surface area contributed by atoms with E-state index < -0.39 is 42.0 Å². The zero-order valence-electron chi connectivity index (χ0n) is 20.6. The Kier molecular flexibility index (Phi) is 6.63.